The van der Waals surface area contributed by atoms with Gasteiger partial charge in [0.25, 0.3) is 0 Å². The standard InChI is InChI=1S/C18H16N2O2/c1-20-7-6-14-10-13(4-5-16(14)20)15-8-12(11-19)9-17(21-2)18(15)22-3/h4-10H,1-3H3. The maximum atomic E-state index is 9.22. The smallest absolute Gasteiger partial charge is 0.168 e. The van der Waals surface area contributed by atoms with Crippen LogP contribution in [0.5, 0.6) is 11.5 Å². The Morgan fingerprint density at radius 3 is 2.55 bits per heavy atom. The second-order valence-corrected chi connectivity index (χ2v) is 5.07. The molecule has 0 amide bonds. The van der Waals surface area contributed by atoms with Crippen molar-refractivity contribution in [3.63, 3.8) is 0 Å². The van der Waals surface area contributed by atoms with Crippen LogP contribution >= 0.6 is 0 Å². The minimum absolute atomic E-state index is 0.542. The lowest BCUT2D eigenvalue weighted by atomic mass is 10.00. The zero-order chi connectivity index (χ0) is 15.7. The first-order chi connectivity index (χ1) is 10.7. The highest BCUT2D eigenvalue weighted by molar-refractivity contribution is 5.87. The molecule has 1 heterocycles. The fourth-order valence-corrected chi connectivity index (χ4v) is 2.69. The molecule has 0 N–H and O–H groups in total. The normalized spacial score (nSPS) is 10.5. The van der Waals surface area contributed by atoms with Crippen molar-refractivity contribution in [1.82, 2.24) is 4.57 Å². The van der Waals surface area contributed by atoms with E-state index in [2.05, 4.69) is 28.8 Å². The topological polar surface area (TPSA) is 47.2 Å². The molecule has 3 rings (SSSR count). The zero-order valence-electron chi connectivity index (χ0n) is 12.8. The molecule has 3 aromatic rings. The van der Waals surface area contributed by atoms with Gasteiger partial charge in [0.2, 0.25) is 0 Å². The number of ether oxygens (including phenoxy) is 2. The van der Waals surface area contributed by atoms with Crippen LogP contribution in [-0.4, -0.2) is 18.8 Å². The quantitative estimate of drug-likeness (QED) is 0.739. The lowest BCUT2D eigenvalue weighted by Crippen LogP contribution is -1.95. The molecule has 0 aliphatic rings. The van der Waals surface area contributed by atoms with Crippen LogP contribution in [0.3, 0.4) is 0 Å². The molecule has 4 nitrogen and oxygen atoms in total. The van der Waals surface area contributed by atoms with Gasteiger partial charge in [-0.25, -0.2) is 0 Å². The number of hydrogen-bond donors (Lipinski definition) is 0. The van der Waals surface area contributed by atoms with Gasteiger partial charge >= 0.3 is 0 Å². The van der Waals surface area contributed by atoms with Gasteiger partial charge in [0, 0.05) is 35.8 Å². The fourth-order valence-electron chi connectivity index (χ4n) is 2.69. The predicted octanol–water partition coefficient (Wildman–Crippen LogP) is 3.73. The van der Waals surface area contributed by atoms with Crippen molar-refractivity contribution in [3.8, 4) is 28.7 Å². The number of fused-ring (bicyclic) bond motifs is 1. The summed E-state index contributed by atoms with van der Waals surface area (Å²) in [5.41, 5.74) is 3.54. The summed E-state index contributed by atoms with van der Waals surface area (Å²) in [5, 5.41) is 10.4. The van der Waals surface area contributed by atoms with Crippen LogP contribution in [0.2, 0.25) is 0 Å². The van der Waals surface area contributed by atoms with Crippen molar-refractivity contribution in [3.05, 3.63) is 48.2 Å². The van der Waals surface area contributed by atoms with Crippen molar-refractivity contribution in [2.45, 2.75) is 0 Å². The van der Waals surface area contributed by atoms with Crippen LogP contribution in [0.15, 0.2) is 42.6 Å². The number of hydrogen-bond acceptors (Lipinski definition) is 3. The number of aryl methyl sites for hydroxylation is 1. The van der Waals surface area contributed by atoms with Gasteiger partial charge < -0.3 is 14.0 Å². The van der Waals surface area contributed by atoms with E-state index in [1.54, 1.807) is 20.3 Å². The second-order valence-electron chi connectivity index (χ2n) is 5.07. The lowest BCUT2D eigenvalue weighted by molar-refractivity contribution is 0.356. The number of rotatable bonds is 3. The molecular weight excluding hydrogens is 276 g/mol. The van der Waals surface area contributed by atoms with Gasteiger partial charge in [0.15, 0.2) is 11.5 Å². The molecule has 0 fully saturated rings. The van der Waals surface area contributed by atoms with Gasteiger partial charge in [-0.15, -0.1) is 0 Å². The molecule has 110 valence electrons. The molecule has 0 saturated carbocycles. The van der Waals surface area contributed by atoms with Crippen LogP contribution in [0, 0.1) is 11.3 Å². The first-order valence-electron chi connectivity index (χ1n) is 6.89. The summed E-state index contributed by atoms with van der Waals surface area (Å²) in [6, 6.07) is 13.9. The molecular formula is C18H16N2O2. The minimum Gasteiger partial charge on any atom is -0.493 e. The molecule has 0 radical (unpaired) electrons. The van der Waals surface area contributed by atoms with E-state index in [1.807, 2.05) is 25.4 Å². The highest BCUT2D eigenvalue weighted by Crippen LogP contribution is 2.40. The molecule has 0 atom stereocenters. The molecule has 0 aliphatic heterocycles. The van der Waals surface area contributed by atoms with Gasteiger partial charge in [-0.3, -0.25) is 0 Å². The summed E-state index contributed by atoms with van der Waals surface area (Å²) in [6.45, 7) is 0. The van der Waals surface area contributed by atoms with E-state index < -0.39 is 0 Å². The molecule has 0 spiro atoms. The van der Waals surface area contributed by atoms with E-state index >= 15 is 0 Å². The molecule has 2 aromatic carbocycles. The highest BCUT2D eigenvalue weighted by atomic mass is 16.5. The maximum absolute atomic E-state index is 9.22. The minimum atomic E-state index is 0.542. The molecule has 0 saturated heterocycles. The third kappa shape index (κ3) is 2.17. The van der Waals surface area contributed by atoms with E-state index in [9.17, 15) is 5.26 Å². The largest absolute Gasteiger partial charge is 0.493 e. The first kappa shape index (κ1) is 14.0. The Balaban J connectivity index is 2.26. The van der Waals surface area contributed by atoms with Crippen molar-refractivity contribution in [2.24, 2.45) is 7.05 Å². The summed E-state index contributed by atoms with van der Waals surface area (Å²) in [5.74, 6) is 1.20. The number of nitrogens with zero attached hydrogens (tertiary/aromatic N) is 2. The SMILES string of the molecule is COc1cc(C#N)cc(-c2ccc3c(ccn3C)c2)c1OC. The fraction of sp³-hybridized carbons (Fsp3) is 0.167. The molecule has 1 aromatic heterocycles. The van der Waals surface area contributed by atoms with E-state index in [4.69, 9.17) is 9.47 Å². The molecule has 0 bridgehead atoms. The molecule has 0 aliphatic carbocycles. The Bertz CT molecular complexity index is 888. The average molecular weight is 292 g/mol. The Kier molecular flexibility index (Phi) is 3.48. The van der Waals surface area contributed by atoms with E-state index in [-0.39, 0.29) is 0 Å². The Morgan fingerprint density at radius 2 is 1.86 bits per heavy atom. The molecule has 22 heavy (non-hydrogen) atoms. The van der Waals surface area contributed by atoms with Crippen LogP contribution in [0.4, 0.5) is 0 Å². The Labute approximate surface area is 129 Å². The first-order valence-corrected chi connectivity index (χ1v) is 6.89. The average Bonchev–Trinajstić information content (AvgIpc) is 2.94. The Hall–Kier alpha value is -2.93. The van der Waals surface area contributed by atoms with Gasteiger partial charge in [0.05, 0.1) is 25.9 Å². The summed E-state index contributed by atoms with van der Waals surface area (Å²) in [7, 11) is 5.19. The third-order valence-corrected chi connectivity index (χ3v) is 3.80. The van der Waals surface area contributed by atoms with Gasteiger partial charge in [-0.05, 0) is 29.8 Å². The highest BCUT2D eigenvalue weighted by Gasteiger charge is 2.14. The number of benzene rings is 2. The zero-order valence-corrected chi connectivity index (χ0v) is 12.8. The summed E-state index contributed by atoms with van der Waals surface area (Å²) >= 11 is 0. The number of aromatic nitrogens is 1. The van der Waals surface area contributed by atoms with Crippen LogP contribution in [0.1, 0.15) is 5.56 Å². The predicted molar refractivity (Wildman–Crippen MR) is 86.2 cm³/mol. The number of nitriles is 1. The second kappa shape index (κ2) is 5.45. The van der Waals surface area contributed by atoms with Crippen LogP contribution < -0.4 is 9.47 Å². The van der Waals surface area contributed by atoms with E-state index in [0.717, 1.165) is 22.0 Å². The van der Waals surface area contributed by atoms with E-state index in [1.165, 1.54) is 0 Å². The van der Waals surface area contributed by atoms with Crippen molar-refractivity contribution >= 4 is 10.9 Å². The van der Waals surface area contributed by atoms with Gasteiger partial charge in [0.1, 0.15) is 0 Å². The third-order valence-electron chi connectivity index (χ3n) is 3.80. The summed E-state index contributed by atoms with van der Waals surface area (Å²) in [6.07, 6.45) is 2.03. The van der Waals surface area contributed by atoms with Crippen molar-refractivity contribution in [1.29, 1.82) is 5.26 Å². The molecule has 0 unspecified atom stereocenters. The molecule has 4 heteroatoms. The maximum Gasteiger partial charge on any atom is 0.168 e. The van der Waals surface area contributed by atoms with Crippen LogP contribution in [0.25, 0.3) is 22.0 Å². The van der Waals surface area contributed by atoms with Crippen molar-refractivity contribution < 1.29 is 9.47 Å². The van der Waals surface area contributed by atoms with Gasteiger partial charge in [-0.2, -0.15) is 5.26 Å². The summed E-state index contributed by atoms with van der Waals surface area (Å²) < 4.78 is 12.9. The number of methoxy groups -OCH3 is 2. The van der Waals surface area contributed by atoms with Crippen molar-refractivity contribution in [2.75, 3.05) is 14.2 Å². The van der Waals surface area contributed by atoms with Gasteiger partial charge in [-0.1, -0.05) is 6.07 Å². The lowest BCUT2D eigenvalue weighted by Gasteiger charge is -2.14. The van der Waals surface area contributed by atoms with E-state index in [0.29, 0.717) is 17.1 Å². The monoisotopic (exact) mass is 292 g/mol. The Morgan fingerprint density at radius 1 is 1.05 bits per heavy atom. The van der Waals surface area contributed by atoms with Crippen LogP contribution in [-0.2, 0) is 7.05 Å². The summed E-state index contributed by atoms with van der Waals surface area (Å²) in [4.78, 5) is 0.